The molecule has 3 aromatic heterocycles. The smallest absolute Gasteiger partial charge is 0.337 e. The number of hydrogen-bond acceptors (Lipinski definition) is 13. The third-order valence-corrected chi connectivity index (χ3v) is 12.0. The van der Waals surface area contributed by atoms with Gasteiger partial charge in [-0.3, -0.25) is 34.6 Å². The monoisotopic (exact) mass is 944 g/mol. The predicted molar refractivity (Wildman–Crippen MR) is 248 cm³/mol. The highest BCUT2D eigenvalue weighted by Crippen LogP contribution is 2.49. The molecule has 7 aromatic rings. The van der Waals surface area contributed by atoms with E-state index in [4.69, 9.17) is 65.4 Å². The summed E-state index contributed by atoms with van der Waals surface area (Å²) in [5, 5.41) is 13.4. The van der Waals surface area contributed by atoms with Gasteiger partial charge in [-0.1, -0.05) is 58.5 Å². The Morgan fingerprint density at radius 3 is 1.47 bits per heavy atom. The fraction of sp³-hybridized carbons (Fsp3) is 0.222. The molecular formula is C45H40Cl4N8O7. The number of anilines is 1. The zero-order chi connectivity index (χ0) is 45.7. The number of benzene rings is 4. The molecule has 1 saturated heterocycles. The number of aromatic nitrogens is 5. The highest BCUT2D eigenvalue weighted by Gasteiger charge is 2.25. The molecule has 1 fully saturated rings. The molecule has 0 saturated carbocycles. The molecule has 0 atom stereocenters. The van der Waals surface area contributed by atoms with Gasteiger partial charge < -0.3 is 34.3 Å². The number of likely N-dealkylation sites (N-methyl/N-ethyl adjacent to an activating group) is 1. The number of carbonyl (C=O) groups excluding carboxylic acids is 1. The Balaban J connectivity index is 0.000000211. The van der Waals surface area contributed by atoms with Crippen LogP contribution in [0.2, 0.25) is 20.1 Å². The molecule has 0 bridgehead atoms. The molecule has 0 aliphatic carbocycles. The van der Waals surface area contributed by atoms with Crippen molar-refractivity contribution in [3.63, 3.8) is 0 Å². The van der Waals surface area contributed by atoms with E-state index in [-0.39, 0.29) is 27.0 Å². The van der Waals surface area contributed by atoms with Crippen LogP contribution in [0.25, 0.3) is 44.3 Å². The Hall–Kier alpha value is -6.07. The van der Waals surface area contributed by atoms with Crippen molar-refractivity contribution in [2.45, 2.75) is 6.54 Å². The minimum Gasteiger partial charge on any atom is -0.495 e. The van der Waals surface area contributed by atoms with Gasteiger partial charge in [0.05, 0.1) is 88.3 Å². The first kappa shape index (κ1) is 45.9. The van der Waals surface area contributed by atoms with Crippen molar-refractivity contribution in [1.29, 1.82) is 0 Å². The van der Waals surface area contributed by atoms with Gasteiger partial charge in [-0.2, -0.15) is 0 Å². The Morgan fingerprint density at radius 2 is 1.05 bits per heavy atom. The average Bonchev–Trinajstić information content (AvgIpc) is 3.30. The molecule has 1 amide bonds. The van der Waals surface area contributed by atoms with E-state index in [0.717, 1.165) is 38.4 Å². The Bertz CT molecular complexity index is 2830. The predicted octanol–water partition coefficient (Wildman–Crippen LogP) is 9.33. The van der Waals surface area contributed by atoms with E-state index < -0.39 is 5.97 Å². The molecular weight excluding hydrogens is 906 g/mol. The summed E-state index contributed by atoms with van der Waals surface area (Å²) in [5.74, 6) is 0.110. The lowest BCUT2D eigenvalue weighted by Gasteiger charge is -2.32. The van der Waals surface area contributed by atoms with Crippen LogP contribution in [-0.2, 0) is 6.54 Å². The molecule has 0 radical (unpaired) electrons. The van der Waals surface area contributed by atoms with Crippen molar-refractivity contribution >= 4 is 86.0 Å². The summed E-state index contributed by atoms with van der Waals surface area (Å²) < 4.78 is 21.4. The summed E-state index contributed by atoms with van der Waals surface area (Å²) in [4.78, 5) is 51.4. The first-order valence-corrected chi connectivity index (χ1v) is 21.0. The Labute approximate surface area is 387 Å². The van der Waals surface area contributed by atoms with Gasteiger partial charge >= 0.3 is 5.97 Å². The number of hydrogen-bond donors (Lipinski definition) is 2. The molecule has 4 aromatic carbocycles. The molecule has 0 spiro atoms. The van der Waals surface area contributed by atoms with Gasteiger partial charge in [0, 0.05) is 91.9 Å². The number of piperazine rings is 1. The van der Waals surface area contributed by atoms with Crippen LogP contribution in [0, 0.1) is 0 Å². The fourth-order valence-corrected chi connectivity index (χ4v) is 8.55. The minimum atomic E-state index is -1.10. The molecule has 1 aliphatic heterocycles. The number of carboxylic acids is 1. The van der Waals surface area contributed by atoms with Crippen LogP contribution in [0.5, 0.6) is 23.0 Å². The summed E-state index contributed by atoms with van der Waals surface area (Å²) in [7, 11) is 8.11. The zero-order valence-corrected chi connectivity index (χ0v) is 38.1. The van der Waals surface area contributed by atoms with E-state index in [1.807, 2.05) is 12.1 Å². The number of aromatic carboxylic acids is 1. The molecule has 64 heavy (non-hydrogen) atoms. The number of pyridine rings is 1. The van der Waals surface area contributed by atoms with Crippen LogP contribution in [0.15, 0.2) is 79.5 Å². The van der Waals surface area contributed by atoms with Crippen molar-refractivity contribution < 1.29 is 33.6 Å². The molecule has 2 N–H and O–H groups in total. The van der Waals surface area contributed by atoms with E-state index >= 15 is 0 Å². The maximum Gasteiger partial charge on any atom is 0.337 e. The Morgan fingerprint density at radius 1 is 0.609 bits per heavy atom. The van der Waals surface area contributed by atoms with Crippen molar-refractivity contribution in [3.05, 3.63) is 116 Å². The van der Waals surface area contributed by atoms with E-state index in [1.54, 1.807) is 42.7 Å². The normalized spacial score (nSPS) is 13.0. The maximum atomic E-state index is 13.3. The van der Waals surface area contributed by atoms with Gasteiger partial charge in [-0.15, -0.1) is 0 Å². The fourth-order valence-electron chi connectivity index (χ4n) is 7.14. The first-order chi connectivity index (χ1) is 30.9. The van der Waals surface area contributed by atoms with E-state index in [1.165, 1.54) is 53.1 Å². The maximum absolute atomic E-state index is 13.3. The van der Waals surface area contributed by atoms with Gasteiger partial charge in [0.15, 0.2) is 0 Å². The summed E-state index contributed by atoms with van der Waals surface area (Å²) in [5.41, 5.74) is 5.44. The topological polar surface area (TPSA) is 174 Å². The van der Waals surface area contributed by atoms with Crippen LogP contribution in [0.1, 0.15) is 26.4 Å². The average molecular weight is 947 g/mol. The van der Waals surface area contributed by atoms with Gasteiger partial charge in [0.25, 0.3) is 5.91 Å². The van der Waals surface area contributed by atoms with Crippen LogP contribution in [0.4, 0.5) is 5.69 Å². The summed E-state index contributed by atoms with van der Waals surface area (Å²) >= 11 is 26.2. The highest BCUT2D eigenvalue weighted by atomic mass is 35.5. The van der Waals surface area contributed by atoms with E-state index in [0.29, 0.717) is 83.1 Å². The van der Waals surface area contributed by atoms with Gasteiger partial charge in [0.2, 0.25) is 0 Å². The first-order valence-electron chi connectivity index (χ1n) is 19.5. The number of carboxylic acid groups (broad SMARTS) is 1. The second-order valence-corrected chi connectivity index (χ2v) is 15.8. The number of fused-ring (bicyclic) bond motifs is 2. The second-order valence-electron chi connectivity index (χ2n) is 14.3. The number of methoxy groups -OCH3 is 4. The summed E-state index contributed by atoms with van der Waals surface area (Å²) in [6, 6.07) is 13.4. The standard InChI is InChI=1S/C28H28Cl2N6O3.C17H12Cl2N2O4/c1-35-10-12-36(13-11-35)16-18-5-4-17(15-33-18)34-28(37)20-7-6-19(26-27(20)32-9-8-31-26)23-24(29)21(38-2)14-22(39-3)25(23)30;1-24-10-7-11(25-2)14(19)12(13(10)18)8-3-4-9(17(22)23)16-15(8)20-5-6-21-16/h4-9,14-15H,10-13,16H2,1-3H3,(H,34,37);3-7H,1-2H3,(H,22,23). The number of carbonyl (C=O) groups is 2. The number of rotatable bonds is 11. The van der Waals surface area contributed by atoms with Crippen molar-refractivity contribution in [2.24, 2.45) is 0 Å². The molecule has 15 nitrogen and oxygen atoms in total. The third-order valence-electron chi connectivity index (χ3n) is 10.5. The number of nitrogens with one attached hydrogen (secondary N) is 1. The number of halogens is 4. The number of ether oxygens (including phenoxy) is 4. The van der Waals surface area contributed by atoms with E-state index in [2.05, 4.69) is 47.1 Å². The quantitative estimate of drug-likeness (QED) is 0.126. The van der Waals surface area contributed by atoms with Crippen molar-refractivity contribution in [1.82, 2.24) is 34.7 Å². The largest absolute Gasteiger partial charge is 0.495 e. The zero-order valence-electron chi connectivity index (χ0n) is 35.1. The van der Waals surface area contributed by atoms with Crippen molar-refractivity contribution in [3.8, 4) is 45.3 Å². The minimum absolute atomic E-state index is 0.0361. The molecule has 330 valence electrons. The van der Waals surface area contributed by atoms with Gasteiger partial charge in [-0.05, 0) is 31.3 Å². The SMILES string of the molecule is COc1cc(OC)c(Cl)c(-c2ccc(C(=O)Nc3ccc(CN4CCN(C)CC4)nc3)c3nccnc23)c1Cl.COc1cc(OC)c(Cl)c(-c2ccc(C(=O)O)c3nccnc23)c1Cl. The van der Waals surface area contributed by atoms with E-state index in [9.17, 15) is 14.7 Å². The molecule has 19 heteroatoms. The third kappa shape index (κ3) is 9.41. The number of nitrogens with zero attached hydrogens (tertiary/aromatic N) is 7. The Kier molecular flexibility index (Phi) is 14.5. The molecule has 8 rings (SSSR count). The summed E-state index contributed by atoms with van der Waals surface area (Å²) in [6.07, 6.45) is 7.65. The number of amides is 1. The lowest BCUT2D eigenvalue weighted by molar-refractivity contribution is 0.0698. The lowest BCUT2D eigenvalue weighted by Crippen LogP contribution is -2.43. The van der Waals surface area contributed by atoms with Gasteiger partial charge in [0.1, 0.15) is 34.0 Å². The molecule has 1 aliphatic rings. The molecule has 4 heterocycles. The van der Waals surface area contributed by atoms with Crippen LogP contribution >= 0.6 is 46.4 Å². The lowest BCUT2D eigenvalue weighted by atomic mass is 9.99. The van der Waals surface area contributed by atoms with Crippen LogP contribution in [-0.4, -0.2) is 113 Å². The van der Waals surface area contributed by atoms with Crippen molar-refractivity contribution in [2.75, 3.05) is 67.0 Å². The molecule has 0 unspecified atom stereocenters. The van der Waals surface area contributed by atoms with Gasteiger partial charge in [-0.25, -0.2) is 4.79 Å². The van der Waals surface area contributed by atoms with Crippen LogP contribution in [0.3, 0.4) is 0 Å². The highest BCUT2D eigenvalue weighted by molar-refractivity contribution is 6.42. The summed E-state index contributed by atoms with van der Waals surface area (Å²) in [6.45, 7) is 4.91. The second kappa shape index (κ2) is 20.2. The van der Waals surface area contributed by atoms with Crippen LogP contribution < -0.4 is 24.3 Å².